The van der Waals surface area contributed by atoms with Gasteiger partial charge in [0.15, 0.2) is 0 Å². The van der Waals surface area contributed by atoms with Crippen molar-refractivity contribution in [3.05, 3.63) is 158 Å². The summed E-state index contributed by atoms with van der Waals surface area (Å²) in [7, 11) is 0. The molecule has 0 aliphatic rings. The van der Waals surface area contributed by atoms with Gasteiger partial charge in [0.05, 0.1) is 22.1 Å². The number of hydrogen-bond acceptors (Lipinski definition) is 1. The van der Waals surface area contributed by atoms with E-state index in [1.165, 1.54) is 54.7 Å². The Kier molecular flexibility index (Phi) is 5.00. The number of hydrogen-bond donors (Lipinski definition) is 0. The molecule has 0 aliphatic heterocycles. The zero-order valence-corrected chi connectivity index (χ0v) is 24.3. The fourth-order valence-electron chi connectivity index (χ4n) is 7.34. The van der Waals surface area contributed by atoms with Crippen LogP contribution in [0.5, 0.6) is 0 Å². The van der Waals surface area contributed by atoms with Crippen molar-refractivity contribution >= 4 is 65.6 Å². The Morgan fingerprint density at radius 2 is 0.933 bits per heavy atom. The molecule has 0 saturated heterocycles. The highest BCUT2D eigenvalue weighted by Crippen LogP contribution is 2.43. The van der Waals surface area contributed by atoms with E-state index in [9.17, 15) is 0 Å². The number of fused-ring (bicyclic) bond motifs is 10. The third-order valence-corrected chi connectivity index (χ3v) is 9.30. The Hall–Kier alpha value is -6.06. The first kappa shape index (κ1) is 24.4. The molecule has 3 heteroatoms. The molecule has 0 aliphatic carbocycles. The van der Waals surface area contributed by atoms with Crippen molar-refractivity contribution in [3.8, 4) is 22.5 Å². The molecule has 0 spiro atoms. The van der Waals surface area contributed by atoms with Gasteiger partial charge in [0.2, 0.25) is 0 Å². The Morgan fingerprint density at radius 1 is 0.356 bits per heavy atom. The van der Waals surface area contributed by atoms with E-state index in [4.69, 9.17) is 4.42 Å². The highest BCUT2D eigenvalue weighted by molar-refractivity contribution is 6.26. The van der Waals surface area contributed by atoms with Crippen LogP contribution in [0.15, 0.2) is 162 Å². The second-order valence-electron chi connectivity index (χ2n) is 11.8. The van der Waals surface area contributed by atoms with Gasteiger partial charge in [-0.1, -0.05) is 91.0 Å². The third-order valence-electron chi connectivity index (χ3n) is 9.30. The van der Waals surface area contributed by atoms with Crippen LogP contribution >= 0.6 is 0 Å². The highest BCUT2D eigenvalue weighted by atomic mass is 16.3. The van der Waals surface area contributed by atoms with E-state index in [1.807, 2.05) is 12.1 Å². The smallest absolute Gasteiger partial charge is 0.135 e. The summed E-state index contributed by atoms with van der Waals surface area (Å²) in [6.07, 6.45) is 0. The van der Waals surface area contributed by atoms with E-state index in [0.29, 0.717) is 0 Å². The number of benzene rings is 7. The van der Waals surface area contributed by atoms with Crippen molar-refractivity contribution in [2.24, 2.45) is 0 Å². The first-order valence-corrected chi connectivity index (χ1v) is 15.4. The number of nitrogens with zero attached hydrogens (tertiary/aromatic N) is 2. The molecule has 210 valence electrons. The van der Waals surface area contributed by atoms with Crippen molar-refractivity contribution in [1.82, 2.24) is 9.13 Å². The molecule has 0 radical (unpaired) electrons. The minimum atomic E-state index is 0.916. The van der Waals surface area contributed by atoms with E-state index in [2.05, 4.69) is 155 Å². The van der Waals surface area contributed by atoms with Gasteiger partial charge in [0.1, 0.15) is 11.2 Å². The summed E-state index contributed by atoms with van der Waals surface area (Å²) < 4.78 is 11.0. The SMILES string of the molecule is c1ccc(-n2c3ccccc3c3c2ccc2c4cc(-c5ccc6oc7ccccc7c6c5)ccc4n(-c4ccccc4)c23)cc1. The van der Waals surface area contributed by atoms with E-state index in [1.54, 1.807) is 0 Å². The Bertz CT molecular complexity index is 2740. The van der Waals surface area contributed by atoms with Gasteiger partial charge in [-0.3, -0.25) is 0 Å². The predicted molar refractivity (Wildman–Crippen MR) is 188 cm³/mol. The Morgan fingerprint density at radius 3 is 1.73 bits per heavy atom. The van der Waals surface area contributed by atoms with Gasteiger partial charge < -0.3 is 13.6 Å². The minimum absolute atomic E-state index is 0.916. The maximum Gasteiger partial charge on any atom is 0.135 e. The normalized spacial score (nSPS) is 12.0. The molecular formula is C42H26N2O. The summed E-state index contributed by atoms with van der Waals surface area (Å²) in [5, 5.41) is 7.29. The lowest BCUT2D eigenvalue weighted by Gasteiger charge is -2.10. The molecule has 3 aromatic heterocycles. The standard InChI is InChI=1S/C42H26N2O/c1-3-11-29(12-4-1)43-36-17-9-7-16-33(36)41-38(43)23-21-32-34-25-27(19-22-37(34)44(42(32)41)30-13-5-2-6-14-30)28-20-24-40-35(26-28)31-15-8-10-18-39(31)45-40/h1-26H. The highest BCUT2D eigenvalue weighted by Gasteiger charge is 2.21. The number of furan rings is 1. The molecule has 0 saturated carbocycles. The second kappa shape index (κ2) is 9.22. The van der Waals surface area contributed by atoms with Gasteiger partial charge in [-0.15, -0.1) is 0 Å². The van der Waals surface area contributed by atoms with Gasteiger partial charge in [0, 0.05) is 43.7 Å². The lowest BCUT2D eigenvalue weighted by Crippen LogP contribution is -1.95. The molecule has 0 atom stereocenters. The summed E-state index contributed by atoms with van der Waals surface area (Å²) >= 11 is 0. The van der Waals surface area contributed by atoms with Crippen LogP contribution in [-0.2, 0) is 0 Å². The van der Waals surface area contributed by atoms with Crippen LogP contribution < -0.4 is 0 Å². The fraction of sp³-hybridized carbons (Fsp3) is 0. The molecule has 10 aromatic rings. The van der Waals surface area contributed by atoms with Gasteiger partial charge in [0.25, 0.3) is 0 Å². The van der Waals surface area contributed by atoms with Crippen LogP contribution in [0.1, 0.15) is 0 Å². The minimum Gasteiger partial charge on any atom is -0.456 e. The van der Waals surface area contributed by atoms with Crippen LogP contribution in [-0.4, -0.2) is 9.13 Å². The summed E-state index contributed by atoms with van der Waals surface area (Å²) in [4.78, 5) is 0. The molecule has 0 bridgehead atoms. The predicted octanol–water partition coefficient (Wildman–Crippen LogP) is 11.4. The first-order chi connectivity index (χ1) is 22.3. The summed E-state index contributed by atoms with van der Waals surface area (Å²) in [5.41, 5.74) is 11.3. The quantitative estimate of drug-likeness (QED) is 0.206. The number of para-hydroxylation sites is 4. The molecule has 45 heavy (non-hydrogen) atoms. The number of aromatic nitrogens is 2. The van der Waals surface area contributed by atoms with Gasteiger partial charge in [-0.2, -0.15) is 0 Å². The molecular weight excluding hydrogens is 548 g/mol. The van der Waals surface area contributed by atoms with Crippen LogP contribution in [0.3, 0.4) is 0 Å². The fourth-order valence-corrected chi connectivity index (χ4v) is 7.34. The average Bonchev–Trinajstić information content (AvgIpc) is 3.76. The first-order valence-electron chi connectivity index (χ1n) is 15.4. The summed E-state index contributed by atoms with van der Waals surface area (Å²) in [5.74, 6) is 0. The molecule has 3 heterocycles. The maximum atomic E-state index is 6.13. The zero-order chi connectivity index (χ0) is 29.5. The van der Waals surface area contributed by atoms with Crippen molar-refractivity contribution in [1.29, 1.82) is 0 Å². The van der Waals surface area contributed by atoms with Crippen LogP contribution in [0.4, 0.5) is 0 Å². The van der Waals surface area contributed by atoms with Gasteiger partial charge in [-0.05, 0) is 77.9 Å². The van der Waals surface area contributed by atoms with Crippen LogP contribution in [0, 0.1) is 0 Å². The summed E-state index contributed by atoms with van der Waals surface area (Å²) in [6, 6.07) is 56.6. The molecule has 0 N–H and O–H groups in total. The lowest BCUT2D eigenvalue weighted by molar-refractivity contribution is 0.669. The van der Waals surface area contributed by atoms with Gasteiger partial charge >= 0.3 is 0 Å². The van der Waals surface area contributed by atoms with E-state index in [0.717, 1.165) is 33.3 Å². The van der Waals surface area contributed by atoms with Crippen molar-refractivity contribution in [3.63, 3.8) is 0 Å². The topological polar surface area (TPSA) is 23.0 Å². The van der Waals surface area contributed by atoms with Crippen LogP contribution in [0.2, 0.25) is 0 Å². The maximum absolute atomic E-state index is 6.13. The third kappa shape index (κ3) is 3.46. The Balaban J connectivity index is 1.31. The van der Waals surface area contributed by atoms with Crippen molar-refractivity contribution < 1.29 is 4.42 Å². The molecule has 0 amide bonds. The van der Waals surface area contributed by atoms with Crippen molar-refractivity contribution in [2.75, 3.05) is 0 Å². The molecule has 3 nitrogen and oxygen atoms in total. The molecule has 7 aromatic carbocycles. The average molecular weight is 575 g/mol. The van der Waals surface area contributed by atoms with E-state index >= 15 is 0 Å². The summed E-state index contributed by atoms with van der Waals surface area (Å²) in [6.45, 7) is 0. The van der Waals surface area contributed by atoms with E-state index in [-0.39, 0.29) is 0 Å². The molecule has 10 rings (SSSR count). The monoisotopic (exact) mass is 574 g/mol. The number of rotatable bonds is 3. The Labute approximate surface area is 258 Å². The van der Waals surface area contributed by atoms with E-state index < -0.39 is 0 Å². The lowest BCUT2D eigenvalue weighted by atomic mass is 10.0. The molecule has 0 fully saturated rings. The zero-order valence-electron chi connectivity index (χ0n) is 24.3. The second-order valence-corrected chi connectivity index (χ2v) is 11.8. The van der Waals surface area contributed by atoms with Crippen molar-refractivity contribution in [2.45, 2.75) is 0 Å². The van der Waals surface area contributed by atoms with Gasteiger partial charge in [-0.25, -0.2) is 0 Å². The largest absolute Gasteiger partial charge is 0.456 e. The van der Waals surface area contributed by atoms with Crippen LogP contribution in [0.25, 0.3) is 88.1 Å². The molecule has 0 unspecified atom stereocenters.